The van der Waals surface area contributed by atoms with Crippen LogP contribution in [0, 0.1) is 5.82 Å². The third-order valence-electron chi connectivity index (χ3n) is 2.46. The van der Waals surface area contributed by atoms with Gasteiger partial charge in [0, 0.05) is 6.04 Å². The molecular formula is C13H18FN. The van der Waals surface area contributed by atoms with Crippen molar-refractivity contribution in [1.82, 2.24) is 5.32 Å². The molecule has 0 saturated heterocycles. The van der Waals surface area contributed by atoms with Gasteiger partial charge >= 0.3 is 0 Å². The van der Waals surface area contributed by atoms with Gasteiger partial charge in [-0.25, -0.2) is 4.39 Å². The molecule has 1 aromatic carbocycles. The topological polar surface area (TPSA) is 12.0 Å². The van der Waals surface area contributed by atoms with Gasteiger partial charge in [-0.1, -0.05) is 30.7 Å². The van der Waals surface area contributed by atoms with Crippen LogP contribution in [0.4, 0.5) is 4.39 Å². The van der Waals surface area contributed by atoms with E-state index >= 15 is 0 Å². The van der Waals surface area contributed by atoms with Crippen LogP contribution in [0.2, 0.25) is 0 Å². The Bertz CT molecular complexity index is 327. The molecule has 82 valence electrons. The molecule has 0 aliphatic heterocycles. The lowest BCUT2D eigenvalue weighted by atomic mass is 10.1. The van der Waals surface area contributed by atoms with Gasteiger partial charge in [-0.15, -0.1) is 0 Å². The predicted molar refractivity (Wildman–Crippen MR) is 63.2 cm³/mol. The number of hydrogen-bond donors (Lipinski definition) is 1. The zero-order valence-corrected chi connectivity index (χ0v) is 9.55. The van der Waals surface area contributed by atoms with E-state index in [1.165, 1.54) is 17.7 Å². The van der Waals surface area contributed by atoms with Crippen LogP contribution in [0.25, 0.3) is 6.08 Å². The maximum absolute atomic E-state index is 12.7. The van der Waals surface area contributed by atoms with E-state index in [1.54, 1.807) is 12.1 Å². The molecular weight excluding hydrogens is 189 g/mol. The van der Waals surface area contributed by atoms with Crippen molar-refractivity contribution in [3.8, 4) is 0 Å². The highest BCUT2D eigenvalue weighted by Gasteiger charge is 2.01. The van der Waals surface area contributed by atoms with E-state index in [4.69, 9.17) is 0 Å². The quantitative estimate of drug-likeness (QED) is 0.799. The SMILES string of the molecule is CCNC(C)/C(C)=C/c1ccc(F)cc1. The second-order valence-corrected chi connectivity index (χ2v) is 3.72. The lowest BCUT2D eigenvalue weighted by Crippen LogP contribution is -2.26. The molecule has 0 radical (unpaired) electrons. The minimum absolute atomic E-state index is 0.190. The second-order valence-electron chi connectivity index (χ2n) is 3.72. The molecule has 0 spiro atoms. The molecule has 1 rings (SSSR count). The first-order chi connectivity index (χ1) is 7.13. The molecule has 1 nitrogen and oxygen atoms in total. The van der Waals surface area contributed by atoms with E-state index in [1.807, 2.05) is 0 Å². The summed E-state index contributed by atoms with van der Waals surface area (Å²) in [5, 5.41) is 3.33. The van der Waals surface area contributed by atoms with Gasteiger partial charge in [0.25, 0.3) is 0 Å². The Morgan fingerprint density at radius 3 is 2.53 bits per heavy atom. The largest absolute Gasteiger partial charge is 0.311 e. The van der Waals surface area contributed by atoms with Crippen molar-refractivity contribution in [2.24, 2.45) is 0 Å². The molecule has 0 fully saturated rings. The van der Waals surface area contributed by atoms with Gasteiger partial charge in [-0.05, 0) is 38.1 Å². The minimum Gasteiger partial charge on any atom is -0.311 e. The number of nitrogens with one attached hydrogen (secondary N) is 1. The van der Waals surface area contributed by atoms with E-state index < -0.39 is 0 Å². The Morgan fingerprint density at radius 2 is 2.00 bits per heavy atom. The van der Waals surface area contributed by atoms with Gasteiger partial charge in [-0.3, -0.25) is 0 Å². The number of rotatable bonds is 4. The van der Waals surface area contributed by atoms with Crippen LogP contribution in [0.15, 0.2) is 29.8 Å². The normalized spacial score (nSPS) is 14.0. The molecule has 0 aliphatic rings. The Balaban J connectivity index is 2.73. The highest BCUT2D eigenvalue weighted by atomic mass is 19.1. The summed E-state index contributed by atoms with van der Waals surface area (Å²) in [6.45, 7) is 7.24. The van der Waals surface area contributed by atoms with E-state index in [9.17, 15) is 4.39 Å². The average molecular weight is 207 g/mol. The third-order valence-corrected chi connectivity index (χ3v) is 2.46. The first kappa shape index (κ1) is 11.9. The van der Waals surface area contributed by atoms with E-state index in [0.717, 1.165) is 12.1 Å². The fourth-order valence-electron chi connectivity index (χ4n) is 1.41. The molecule has 0 bridgehead atoms. The van der Waals surface area contributed by atoms with Crippen molar-refractivity contribution in [1.29, 1.82) is 0 Å². The lowest BCUT2D eigenvalue weighted by Gasteiger charge is -2.12. The van der Waals surface area contributed by atoms with Gasteiger partial charge < -0.3 is 5.32 Å². The predicted octanol–water partition coefficient (Wildman–Crippen LogP) is 3.23. The maximum atomic E-state index is 12.7. The van der Waals surface area contributed by atoms with Crippen LogP contribution in [0.5, 0.6) is 0 Å². The van der Waals surface area contributed by atoms with Crippen LogP contribution in [-0.4, -0.2) is 12.6 Å². The zero-order chi connectivity index (χ0) is 11.3. The molecule has 2 heteroatoms. The first-order valence-electron chi connectivity index (χ1n) is 5.30. The van der Waals surface area contributed by atoms with Gasteiger partial charge in [0.2, 0.25) is 0 Å². The summed E-state index contributed by atoms with van der Waals surface area (Å²) in [5.41, 5.74) is 2.29. The Labute approximate surface area is 91.0 Å². The molecule has 15 heavy (non-hydrogen) atoms. The van der Waals surface area contributed by atoms with Crippen molar-refractivity contribution in [2.45, 2.75) is 26.8 Å². The van der Waals surface area contributed by atoms with Gasteiger partial charge in [-0.2, -0.15) is 0 Å². The lowest BCUT2D eigenvalue weighted by molar-refractivity contribution is 0.627. The summed E-state index contributed by atoms with van der Waals surface area (Å²) in [6.07, 6.45) is 2.08. The standard InChI is InChI=1S/C13H18FN/c1-4-15-11(3)10(2)9-12-5-7-13(14)8-6-12/h5-9,11,15H,4H2,1-3H3/b10-9+. The Kier molecular flexibility index (Phi) is 4.50. The molecule has 1 aromatic rings. The molecule has 0 amide bonds. The Hall–Kier alpha value is -1.15. The van der Waals surface area contributed by atoms with Crippen LogP contribution >= 0.6 is 0 Å². The molecule has 1 unspecified atom stereocenters. The Morgan fingerprint density at radius 1 is 1.40 bits per heavy atom. The molecule has 0 aromatic heterocycles. The van der Waals surface area contributed by atoms with Crippen LogP contribution in [-0.2, 0) is 0 Å². The van der Waals surface area contributed by atoms with E-state index in [-0.39, 0.29) is 5.82 Å². The maximum Gasteiger partial charge on any atom is 0.123 e. The van der Waals surface area contributed by atoms with Crippen molar-refractivity contribution >= 4 is 6.08 Å². The third kappa shape index (κ3) is 3.84. The van der Waals surface area contributed by atoms with Gasteiger partial charge in [0.15, 0.2) is 0 Å². The molecule has 1 N–H and O–H groups in total. The summed E-state index contributed by atoms with van der Waals surface area (Å²) in [7, 11) is 0. The zero-order valence-electron chi connectivity index (χ0n) is 9.55. The fourth-order valence-corrected chi connectivity index (χ4v) is 1.41. The summed E-state index contributed by atoms with van der Waals surface area (Å²) in [5.74, 6) is -0.190. The van der Waals surface area contributed by atoms with Crippen LogP contribution in [0.1, 0.15) is 26.3 Å². The molecule has 1 atom stereocenters. The van der Waals surface area contributed by atoms with Gasteiger partial charge in [0.05, 0.1) is 0 Å². The second kappa shape index (κ2) is 5.66. The average Bonchev–Trinajstić information content (AvgIpc) is 2.22. The molecule has 0 saturated carbocycles. The number of hydrogen-bond acceptors (Lipinski definition) is 1. The molecule has 0 heterocycles. The molecule has 0 aliphatic carbocycles. The van der Waals surface area contributed by atoms with Crippen LogP contribution < -0.4 is 5.32 Å². The summed E-state index contributed by atoms with van der Waals surface area (Å²) >= 11 is 0. The van der Waals surface area contributed by atoms with Crippen molar-refractivity contribution in [3.05, 3.63) is 41.2 Å². The highest BCUT2D eigenvalue weighted by Crippen LogP contribution is 2.10. The smallest absolute Gasteiger partial charge is 0.123 e. The highest BCUT2D eigenvalue weighted by molar-refractivity contribution is 5.53. The summed E-state index contributed by atoms with van der Waals surface area (Å²) in [4.78, 5) is 0. The van der Waals surface area contributed by atoms with Crippen molar-refractivity contribution < 1.29 is 4.39 Å². The number of benzene rings is 1. The van der Waals surface area contributed by atoms with Gasteiger partial charge in [0.1, 0.15) is 5.82 Å². The van der Waals surface area contributed by atoms with E-state index in [0.29, 0.717) is 6.04 Å². The monoisotopic (exact) mass is 207 g/mol. The number of likely N-dealkylation sites (N-methyl/N-ethyl adjacent to an activating group) is 1. The van der Waals surface area contributed by atoms with Crippen molar-refractivity contribution in [2.75, 3.05) is 6.54 Å². The summed E-state index contributed by atoms with van der Waals surface area (Å²) in [6, 6.07) is 6.91. The van der Waals surface area contributed by atoms with E-state index in [2.05, 4.69) is 32.2 Å². The minimum atomic E-state index is -0.190. The number of halogens is 1. The first-order valence-corrected chi connectivity index (χ1v) is 5.30. The van der Waals surface area contributed by atoms with Crippen molar-refractivity contribution in [3.63, 3.8) is 0 Å². The fraction of sp³-hybridized carbons (Fsp3) is 0.385. The summed E-state index contributed by atoms with van der Waals surface area (Å²) < 4.78 is 12.7. The van der Waals surface area contributed by atoms with Crippen LogP contribution in [0.3, 0.4) is 0 Å².